The van der Waals surface area contributed by atoms with Gasteiger partial charge in [-0.3, -0.25) is 15.5 Å². The molecule has 0 bridgehead atoms. The summed E-state index contributed by atoms with van der Waals surface area (Å²) >= 11 is 0. The van der Waals surface area contributed by atoms with Crippen molar-refractivity contribution < 1.29 is 18.1 Å². The van der Waals surface area contributed by atoms with Gasteiger partial charge in [0.25, 0.3) is 15.7 Å². The summed E-state index contributed by atoms with van der Waals surface area (Å²) in [4.78, 5) is 22.9. The number of nitro benzene ring substituents is 1. The predicted octanol–water partition coefficient (Wildman–Crippen LogP) is 1.61. The van der Waals surface area contributed by atoms with Crippen molar-refractivity contribution in [3.05, 3.63) is 64.7 Å². The maximum Gasteiger partial charge on any atom is 0.334 e. The fourth-order valence-corrected chi connectivity index (χ4v) is 2.70. The fraction of sp³-hybridized carbons (Fsp3) is 0. The summed E-state index contributed by atoms with van der Waals surface area (Å²) in [6.45, 7) is 0. The van der Waals surface area contributed by atoms with Gasteiger partial charge in [0, 0.05) is 11.8 Å². The number of nitrogens with zero attached hydrogens (tertiary/aromatic N) is 1. The summed E-state index contributed by atoms with van der Waals surface area (Å²) in [6.07, 6.45) is 0. The molecule has 3 N–H and O–H groups in total. The van der Waals surface area contributed by atoms with E-state index in [0.29, 0.717) is 5.69 Å². The summed E-state index contributed by atoms with van der Waals surface area (Å²) in [5.74, 6) is 0. The molecule has 0 fully saturated rings. The molecule has 0 aliphatic rings. The Balaban J connectivity index is 2.08. The highest BCUT2D eigenvalue weighted by molar-refractivity contribution is 7.89. The summed E-state index contributed by atoms with van der Waals surface area (Å²) in [6, 6.07) is 12.3. The van der Waals surface area contributed by atoms with E-state index in [4.69, 9.17) is 0 Å². The molecule has 0 spiro atoms. The number of hydrogen-bond acceptors (Lipinski definition) is 5. The number of anilines is 1. The van der Waals surface area contributed by atoms with Crippen LogP contribution in [0.2, 0.25) is 0 Å². The lowest BCUT2D eigenvalue weighted by Crippen LogP contribution is -2.43. The lowest BCUT2D eigenvalue weighted by atomic mass is 10.3. The molecule has 0 saturated heterocycles. The van der Waals surface area contributed by atoms with E-state index in [1.54, 1.807) is 35.2 Å². The minimum Gasteiger partial charge on any atom is -0.307 e. The summed E-state index contributed by atoms with van der Waals surface area (Å²) in [5.41, 5.74) is 1.79. The molecule has 0 atom stereocenters. The van der Waals surface area contributed by atoms with Gasteiger partial charge in [-0.2, -0.15) is 0 Å². The molecule has 9 nitrogen and oxygen atoms in total. The zero-order valence-electron chi connectivity index (χ0n) is 11.6. The largest absolute Gasteiger partial charge is 0.334 e. The molecule has 2 amide bonds. The molecule has 2 aromatic carbocycles. The Morgan fingerprint density at radius 3 is 2.26 bits per heavy atom. The Kier molecular flexibility index (Phi) is 4.88. The van der Waals surface area contributed by atoms with Crippen molar-refractivity contribution in [2.45, 2.75) is 4.90 Å². The Morgan fingerprint density at radius 1 is 1.00 bits per heavy atom. The molecular formula is C13H12N4O5S. The van der Waals surface area contributed by atoms with Crippen LogP contribution in [-0.4, -0.2) is 19.4 Å². The summed E-state index contributed by atoms with van der Waals surface area (Å²) in [7, 11) is -4.29. The van der Waals surface area contributed by atoms with Crippen molar-refractivity contribution in [1.82, 2.24) is 10.3 Å². The summed E-state index contributed by atoms with van der Waals surface area (Å²) in [5, 5.41) is 13.3. The van der Waals surface area contributed by atoms with Crippen molar-refractivity contribution in [2.75, 3.05) is 5.32 Å². The monoisotopic (exact) mass is 336 g/mol. The molecule has 0 saturated carbocycles. The third-order valence-corrected chi connectivity index (χ3v) is 3.98. The second kappa shape index (κ2) is 6.85. The first-order chi connectivity index (χ1) is 10.9. The Hall–Kier alpha value is -2.98. The van der Waals surface area contributed by atoms with E-state index in [0.717, 1.165) is 12.1 Å². The number of hydrogen-bond donors (Lipinski definition) is 3. The van der Waals surface area contributed by atoms with Crippen LogP contribution in [0.25, 0.3) is 0 Å². The highest BCUT2D eigenvalue weighted by atomic mass is 32.2. The van der Waals surface area contributed by atoms with Crippen molar-refractivity contribution in [1.29, 1.82) is 0 Å². The van der Waals surface area contributed by atoms with Crippen molar-refractivity contribution in [2.24, 2.45) is 0 Å². The molecule has 0 unspecified atom stereocenters. The molecule has 0 aromatic heterocycles. The Labute approximate surface area is 131 Å². The van der Waals surface area contributed by atoms with Crippen LogP contribution in [0.1, 0.15) is 0 Å². The molecule has 2 aromatic rings. The van der Waals surface area contributed by atoms with E-state index >= 15 is 0 Å². The first-order valence-electron chi connectivity index (χ1n) is 6.27. The van der Waals surface area contributed by atoms with E-state index in [-0.39, 0.29) is 0 Å². The van der Waals surface area contributed by atoms with E-state index in [1.165, 1.54) is 12.1 Å². The van der Waals surface area contributed by atoms with Gasteiger partial charge in [-0.15, -0.1) is 4.83 Å². The second-order valence-electron chi connectivity index (χ2n) is 4.28. The molecule has 0 heterocycles. The van der Waals surface area contributed by atoms with Crippen LogP contribution in [0.4, 0.5) is 16.2 Å². The molecule has 2 rings (SSSR count). The van der Waals surface area contributed by atoms with Gasteiger partial charge in [-0.25, -0.2) is 13.2 Å². The fourth-order valence-electron chi connectivity index (χ4n) is 1.69. The van der Waals surface area contributed by atoms with Gasteiger partial charge in [-0.05, 0) is 18.2 Å². The number of para-hydroxylation sites is 2. The molecule has 0 aliphatic carbocycles. The lowest BCUT2D eigenvalue weighted by molar-refractivity contribution is -0.387. The molecular weight excluding hydrogens is 324 g/mol. The smallest absolute Gasteiger partial charge is 0.307 e. The highest BCUT2D eigenvalue weighted by Gasteiger charge is 2.25. The van der Waals surface area contributed by atoms with Crippen LogP contribution in [-0.2, 0) is 10.0 Å². The zero-order valence-corrected chi connectivity index (χ0v) is 12.4. The number of nitro groups is 1. The molecule has 23 heavy (non-hydrogen) atoms. The van der Waals surface area contributed by atoms with E-state index in [1.807, 2.05) is 5.43 Å². The topological polar surface area (TPSA) is 130 Å². The average molecular weight is 336 g/mol. The number of carbonyl (C=O) groups excluding carboxylic acids is 1. The van der Waals surface area contributed by atoms with Crippen LogP contribution in [0.3, 0.4) is 0 Å². The number of nitrogens with one attached hydrogen (secondary N) is 3. The average Bonchev–Trinajstić information content (AvgIpc) is 2.54. The van der Waals surface area contributed by atoms with E-state index in [2.05, 4.69) is 5.32 Å². The second-order valence-corrected chi connectivity index (χ2v) is 5.93. The lowest BCUT2D eigenvalue weighted by Gasteiger charge is -2.09. The van der Waals surface area contributed by atoms with Crippen LogP contribution in [0.5, 0.6) is 0 Å². The third kappa shape index (κ3) is 4.25. The van der Waals surface area contributed by atoms with Crippen LogP contribution in [0, 0.1) is 10.1 Å². The minimum atomic E-state index is -4.29. The number of sulfonamides is 1. The zero-order chi connectivity index (χ0) is 16.9. The van der Waals surface area contributed by atoms with Gasteiger partial charge in [0.1, 0.15) is 0 Å². The number of carbonyl (C=O) groups is 1. The van der Waals surface area contributed by atoms with Gasteiger partial charge in [0.2, 0.25) is 0 Å². The maximum absolute atomic E-state index is 12.1. The van der Waals surface area contributed by atoms with Gasteiger partial charge >= 0.3 is 6.03 Å². The number of amides is 2. The third-order valence-electron chi connectivity index (χ3n) is 2.68. The minimum absolute atomic E-state index is 0.454. The Morgan fingerprint density at radius 2 is 1.61 bits per heavy atom. The van der Waals surface area contributed by atoms with Crippen LogP contribution < -0.4 is 15.6 Å². The van der Waals surface area contributed by atoms with Gasteiger partial charge < -0.3 is 5.32 Å². The number of benzene rings is 2. The number of rotatable bonds is 5. The normalized spacial score (nSPS) is 10.8. The maximum atomic E-state index is 12.1. The standard InChI is InChI=1S/C13H12N4O5S/c18-13(14-10-6-2-1-3-7-10)15-16-23(21,22)12-9-5-4-8-11(12)17(19)20/h1-9,16H,(H2,14,15,18). The van der Waals surface area contributed by atoms with E-state index in [9.17, 15) is 23.3 Å². The quantitative estimate of drug-likeness (QED) is 0.564. The van der Waals surface area contributed by atoms with Crippen molar-refractivity contribution in [3.8, 4) is 0 Å². The van der Waals surface area contributed by atoms with Gasteiger partial charge in [0.05, 0.1) is 4.92 Å². The first-order valence-corrected chi connectivity index (χ1v) is 7.76. The van der Waals surface area contributed by atoms with E-state index < -0.39 is 31.6 Å². The molecule has 120 valence electrons. The summed E-state index contributed by atoms with van der Waals surface area (Å²) < 4.78 is 24.1. The predicted molar refractivity (Wildman–Crippen MR) is 82.0 cm³/mol. The molecule has 0 aliphatic heterocycles. The number of urea groups is 1. The van der Waals surface area contributed by atoms with Crippen molar-refractivity contribution in [3.63, 3.8) is 0 Å². The van der Waals surface area contributed by atoms with Crippen LogP contribution >= 0.6 is 0 Å². The molecule has 0 radical (unpaired) electrons. The highest BCUT2D eigenvalue weighted by Crippen LogP contribution is 2.22. The van der Waals surface area contributed by atoms with Crippen molar-refractivity contribution >= 4 is 27.4 Å². The van der Waals surface area contributed by atoms with Gasteiger partial charge in [0.15, 0.2) is 4.90 Å². The first kappa shape index (κ1) is 16.4. The van der Waals surface area contributed by atoms with Crippen LogP contribution in [0.15, 0.2) is 59.5 Å². The number of hydrazine groups is 1. The Bertz CT molecular complexity index is 823. The van der Waals surface area contributed by atoms with Gasteiger partial charge in [-0.1, -0.05) is 30.3 Å². The molecule has 10 heteroatoms. The SMILES string of the molecule is O=C(NNS(=O)(=O)c1ccccc1[N+](=O)[O-])Nc1ccccc1.